The van der Waals surface area contributed by atoms with Gasteiger partial charge in [-0.05, 0) is 62.9 Å². The Labute approximate surface area is 195 Å². The zero-order valence-corrected chi connectivity index (χ0v) is 19.8. The summed E-state index contributed by atoms with van der Waals surface area (Å²) in [7, 11) is 0. The number of nitrogens with one attached hydrogen (secondary N) is 1. The van der Waals surface area contributed by atoms with Crippen LogP contribution in [0.4, 0.5) is 10.5 Å². The highest BCUT2D eigenvalue weighted by atomic mass is 16.5. The van der Waals surface area contributed by atoms with Crippen LogP contribution in [0.5, 0.6) is 5.75 Å². The number of fused-ring (bicyclic) bond motifs is 1. The summed E-state index contributed by atoms with van der Waals surface area (Å²) in [6.45, 7) is 9.51. The van der Waals surface area contributed by atoms with E-state index in [4.69, 9.17) is 9.47 Å². The Balaban J connectivity index is 1.64. The lowest BCUT2D eigenvalue weighted by molar-refractivity contribution is 0.139. The van der Waals surface area contributed by atoms with Crippen LogP contribution < -0.4 is 10.1 Å². The third-order valence-electron chi connectivity index (χ3n) is 6.14. The van der Waals surface area contributed by atoms with E-state index in [1.165, 1.54) is 0 Å². The summed E-state index contributed by atoms with van der Waals surface area (Å²) >= 11 is 0. The maximum absolute atomic E-state index is 12.1. The summed E-state index contributed by atoms with van der Waals surface area (Å²) in [6, 6.07) is 16.0. The van der Waals surface area contributed by atoms with Crippen LogP contribution in [0.1, 0.15) is 58.6 Å². The number of anilines is 1. The van der Waals surface area contributed by atoms with Crippen LogP contribution in [0.25, 0.3) is 22.2 Å². The quantitative estimate of drug-likeness (QED) is 0.409. The molecule has 33 heavy (non-hydrogen) atoms. The Hall–Kier alpha value is -3.46. The van der Waals surface area contributed by atoms with Crippen LogP contribution >= 0.6 is 0 Å². The number of ether oxygens (including phenoxy) is 2. The predicted molar refractivity (Wildman–Crippen MR) is 131 cm³/mol. The largest absolute Gasteiger partial charge is 0.494 e. The standard InChI is InChI=1S/C27H31N3O3/c1-5-14-32-21-10-11-22-23(16-28)25(30(18(2)3)24(22)15-21)19-6-8-20(9-7-19)29-26(31)33-17-27(4)12-13-27/h6-11,15,18H,5,12-14,17H2,1-4H3,(H,29,31). The molecule has 1 aliphatic rings. The molecule has 1 saturated carbocycles. The van der Waals surface area contributed by atoms with E-state index in [9.17, 15) is 10.1 Å². The van der Waals surface area contributed by atoms with Crippen LogP contribution in [-0.4, -0.2) is 23.9 Å². The van der Waals surface area contributed by atoms with Gasteiger partial charge in [-0.15, -0.1) is 0 Å². The van der Waals surface area contributed by atoms with E-state index in [0.29, 0.717) is 24.5 Å². The van der Waals surface area contributed by atoms with Gasteiger partial charge >= 0.3 is 6.09 Å². The number of amides is 1. The fourth-order valence-corrected chi connectivity index (χ4v) is 4.00. The molecule has 0 radical (unpaired) electrons. The summed E-state index contributed by atoms with van der Waals surface area (Å²) in [5.41, 5.74) is 4.21. The van der Waals surface area contributed by atoms with Gasteiger partial charge in [-0.2, -0.15) is 5.26 Å². The Kier molecular flexibility index (Phi) is 6.33. The van der Waals surface area contributed by atoms with Gasteiger partial charge in [-0.25, -0.2) is 4.79 Å². The smallest absolute Gasteiger partial charge is 0.411 e. The van der Waals surface area contributed by atoms with Gasteiger partial charge in [-0.1, -0.05) is 26.0 Å². The van der Waals surface area contributed by atoms with Crippen molar-refractivity contribution in [1.29, 1.82) is 5.26 Å². The van der Waals surface area contributed by atoms with Gasteiger partial charge in [0.1, 0.15) is 11.8 Å². The first kappa shape index (κ1) is 22.7. The van der Waals surface area contributed by atoms with E-state index in [0.717, 1.165) is 47.2 Å². The third kappa shape index (κ3) is 4.83. The molecule has 172 valence electrons. The molecule has 1 fully saturated rings. The molecular formula is C27H31N3O3. The van der Waals surface area contributed by atoms with E-state index >= 15 is 0 Å². The molecule has 4 rings (SSSR count). The van der Waals surface area contributed by atoms with Gasteiger partial charge < -0.3 is 14.0 Å². The predicted octanol–water partition coefficient (Wildman–Crippen LogP) is 6.90. The zero-order valence-electron chi connectivity index (χ0n) is 19.8. The zero-order chi connectivity index (χ0) is 23.6. The van der Waals surface area contributed by atoms with E-state index in [1.807, 2.05) is 42.5 Å². The van der Waals surface area contributed by atoms with E-state index in [-0.39, 0.29) is 11.5 Å². The van der Waals surface area contributed by atoms with Gasteiger partial charge in [0.05, 0.1) is 30.0 Å². The number of carbonyl (C=O) groups is 1. The molecule has 6 heteroatoms. The first-order chi connectivity index (χ1) is 15.8. The van der Waals surface area contributed by atoms with Gasteiger partial charge in [0.2, 0.25) is 0 Å². The lowest BCUT2D eigenvalue weighted by atomic mass is 10.1. The van der Waals surface area contributed by atoms with Crippen molar-refractivity contribution in [3.63, 3.8) is 0 Å². The normalized spacial score (nSPS) is 14.2. The van der Waals surface area contributed by atoms with Crippen molar-refractivity contribution in [1.82, 2.24) is 4.57 Å². The van der Waals surface area contributed by atoms with Gasteiger partial charge in [-0.3, -0.25) is 5.32 Å². The Bertz CT molecular complexity index is 1200. The summed E-state index contributed by atoms with van der Waals surface area (Å²) in [5, 5.41) is 13.7. The molecule has 0 atom stereocenters. The molecule has 1 heterocycles. The fourth-order valence-electron chi connectivity index (χ4n) is 4.00. The topological polar surface area (TPSA) is 76.3 Å². The SMILES string of the molecule is CCCOc1ccc2c(C#N)c(-c3ccc(NC(=O)OCC4(C)CC4)cc3)n(C(C)C)c2c1. The van der Waals surface area contributed by atoms with Crippen LogP contribution in [0.15, 0.2) is 42.5 Å². The minimum atomic E-state index is -0.440. The molecule has 0 aliphatic heterocycles. The lowest BCUT2D eigenvalue weighted by Gasteiger charge is -2.16. The molecular weight excluding hydrogens is 414 g/mol. The van der Waals surface area contributed by atoms with Crippen molar-refractivity contribution in [2.24, 2.45) is 5.41 Å². The molecule has 2 aromatic carbocycles. The summed E-state index contributed by atoms with van der Waals surface area (Å²) in [4.78, 5) is 12.1. The van der Waals surface area contributed by atoms with Crippen molar-refractivity contribution in [3.05, 3.63) is 48.0 Å². The van der Waals surface area contributed by atoms with E-state index in [2.05, 4.69) is 43.6 Å². The van der Waals surface area contributed by atoms with Crippen molar-refractivity contribution in [3.8, 4) is 23.1 Å². The van der Waals surface area contributed by atoms with Crippen LogP contribution in [0, 0.1) is 16.7 Å². The summed E-state index contributed by atoms with van der Waals surface area (Å²) in [5.74, 6) is 0.804. The number of rotatable bonds is 8. The first-order valence-corrected chi connectivity index (χ1v) is 11.6. The van der Waals surface area contributed by atoms with Gasteiger partial charge in [0.15, 0.2) is 0 Å². The minimum absolute atomic E-state index is 0.141. The molecule has 0 bridgehead atoms. The van der Waals surface area contributed by atoms with Crippen molar-refractivity contribution in [2.75, 3.05) is 18.5 Å². The lowest BCUT2D eigenvalue weighted by Crippen LogP contribution is -2.18. The highest BCUT2D eigenvalue weighted by molar-refractivity contribution is 5.95. The average Bonchev–Trinajstić information content (AvgIpc) is 3.45. The Morgan fingerprint density at radius 1 is 1.21 bits per heavy atom. The molecule has 0 saturated heterocycles. The maximum Gasteiger partial charge on any atom is 0.411 e. The summed E-state index contributed by atoms with van der Waals surface area (Å²) < 4.78 is 13.4. The van der Waals surface area contributed by atoms with Crippen LogP contribution in [-0.2, 0) is 4.74 Å². The first-order valence-electron chi connectivity index (χ1n) is 11.6. The van der Waals surface area contributed by atoms with Crippen LogP contribution in [0.3, 0.4) is 0 Å². The minimum Gasteiger partial charge on any atom is -0.494 e. The Morgan fingerprint density at radius 3 is 2.55 bits per heavy atom. The molecule has 0 unspecified atom stereocenters. The van der Waals surface area contributed by atoms with E-state index < -0.39 is 6.09 Å². The fraction of sp³-hybridized carbons (Fsp3) is 0.407. The number of hydrogen-bond donors (Lipinski definition) is 1. The molecule has 3 aromatic rings. The number of hydrogen-bond acceptors (Lipinski definition) is 4. The maximum atomic E-state index is 12.1. The molecule has 6 nitrogen and oxygen atoms in total. The number of aromatic nitrogens is 1. The second-order valence-corrected chi connectivity index (χ2v) is 9.42. The molecule has 1 N–H and O–H groups in total. The second kappa shape index (κ2) is 9.19. The Morgan fingerprint density at radius 2 is 1.94 bits per heavy atom. The van der Waals surface area contributed by atoms with Crippen molar-refractivity contribution >= 4 is 22.7 Å². The van der Waals surface area contributed by atoms with E-state index in [1.54, 1.807) is 0 Å². The highest BCUT2D eigenvalue weighted by Gasteiger charge is 2.38. The number of nitriles is 1. The highest BCUT2D eigenvalue weighted by Crippen LogP contribution is 2.45. The summed E-state index contributed by atoms with van der Waals surface area (Å²) in [6.07, 6.45) is 2.70. The van der Waals surface area contributed by atoms with Crippen molar-refractivity contribution < 1.29 is 14.3 Å². The second-order valence-electron chi connectivity index (χ2n) is 9.42. The number of nitrogens with zero attached hydrogens (tertiary/aromatic N) is 2. The molecule has 1 aliphatic carbocycles. The molecule has 1 amide bonds. The third-order valence-corrected chi connectivity index (χ3v) is 6.14. The molecule has 0 spiro atoms. The molecule has 1 aromatic heterocycles. The number of carbonyl (C=O) groups excluding carboxylic acids is 1. The van der Waals surface area contributed by atoms with Crippen molar-refractivity contribution in [2.45, 2.75) is 53.0 Å². The van der Waals surface area contributed by atoms with Crippen LogP contribution in [0.2, 0.25) is 0 Å². The van der Waals surface area contributed by atoms with Gasteiger partial charge in [0, 0.05) is 28.6 Å². The average molecular weight is 446 g/mol. The van der Waals surface area contributed by atoms with Gasteiger partial charge in [0.25, 0.3) is 0 Å². The number of benzene rings is 2. The monoisotopic (exact) mass is 445 g/mol.